The van der Waals surface area contributed by atoms with Crippen LogP contribution in [0.15, 0.2) is 30.6 Å². The third-order valence-electron chi connectivity index (χ3n) is 1.92. The van der Waals surface area contributed by atoms with Crippen molar-refractivity contribution in [1.29, 1.82) is 0 Å². The summed E-state index contributed by atoms with van der Waals surface area (Å²) in [5, 5.41) is 3.09. The molecule has 2 rings (SSSR count). The molecule has 0 unspecified atom stereocenters. The maximum atomic E-state index is 5.87. The number of pyridine rings is 1. The first-order valence-corrected chi connectivity index (χ1v) is 5.15. The fourth-order valence-electron chi connectivity index (χ4n) is 1.28. The molecule has 0 aliphatic carbocycles. The van der Waals surface area contributed by atoms with Crippen LogP contribution < -0.4 is 0 Å². The fourth-order valence-corrected chi connectivity index (χ4v) is 1.45. The zero-order chi connectivity index (χ0) is 10.6. The molecule has 1 nitrogen and oxygen atoms in total. The monoisotopic (exact) mass is 207 g/mol. The molecule has 2 aromatic rings. The SMILES string of the molecule is CC.Cc1cncc2ccc(Cl)cc12. The molecule has 0 N–H and O–H groups in total. The third-order valence-corrected chi connectivity index (χ3v) is 2.16. The highest BCUT2D eigenvalue weighted by Gasteiger charge is 1.96. The van der Waals surface area contributed by atoms with Gasteiger partial charge >= 0.3 is 0 Å². The predicted octanol–water partition coefficient (Wildman–Crippen LogP) is 4.22. The molecule has 0 amide bonds. The molecule has 74 valence electrons. The number of hydrogen-bond donors (Lipinski definition) is 0. The normalized spacial score (nSPS) is 9.43. The van der Waals surface area contributed by atoms with Crippen molar-refractivity contribution >= 4 is 22.4 Å². The van der Waals surface area contributed by atoms with Crippen LogP contribution in [0.5, 0.6) is 0 Å². The summed E-state index contributed by atoms with van der Waals surface area (Å²) in [4.78, 5) is 4.10. The largest absolute Gasteiger partial charge is 0.264 e. The molecule has 0 atom stereocenters. The average Bonchev–Trinajstić information content (AvgIpc) is 2.22. The van der Waals surface area contributed by atoms with E-state index in [1.165, 1.54) is 5.39 Å². The van der Waals surface area contributed by atoms with E-state index in [9.17, 15) is 0 Å². The summed E-state index contributed by atoms with van der Waals surface area (Å²) < 4.78 is 0. The van der Waals surface area contributed by atoms with Crippen LogP contribution in [0.2, 0.25) is 5.02 Å². The van der Waals surface area contributed by atoms with Crippen molar-refractivity contribution in [1.82, 2.24) is 4.98 Å². The molecule has 2 heteroatoms. The number of fused-ring (bicyclic) bond motifs is 1. The quantitative estimate of drug-likeness (QED) is 0.630. The molecule has 1 aromatic carbocycles. The van der Waals surface area contributed by atoms with Crippen LogP contribution in [0.1, 0.15) is 19.4 Å². The van der Waals surface area contributed by atoms with Gasteiger partial charge in [0.15, 0.2) is 0 Å². The van der Waals surface area contributed by atoms with Gasteiger partial charge in [-0.05, 0) is 30.0 Å². The third kappa shape index (κ3) is 2.24. The zero-order valence-corrected chi connectivity index (χ0v) is 9.47. The van der Waals surface area contributed by atoms with Crippen LogP contribution in [-0.4, -0.2) is 4.98 Å². The van der Waals surface area contributed by atoms with E-state index in [4.69, 9.17) is 11.6 Å². The van der Waals surface area contributed by atoms with Gasteiger partial charge in [-0.2, -0.15) is 0 Å². The predicted molar refractivity (Wildman–Crippen MR) is 62.8 cm³/mol. The summed E-state index contributed by atoms with van der Waals surface area (Å²) in [6, 6.07) is 5.83. The van der Waals surface area contributed by atoms with E-state index in [-0.39, 0.29) is 0 Å². The van der Waals surface area contributed by atoms with Gasteiger partial charge in [0.2, 0.25) is 0 Å². The number of rotatable bonds is 0. The van der Waals surface area contributed by atoms with Crippen LogP contribution in [0.4, 0.5) is 0 Å². The molecule has 0 bridgehead atoms. The average molecular weight is 208 g/mol. The number of benzene rings is 1. The molecular formula is C12H14ClN. The molecule has 0 radical (unpaired) electrons. The maximum Gasteiger partial charge on any atom is 0.0412 e. The van der Waals surface area contributed by atoms with E-state index in [0.717, 1.165) is 16.0 Å². The van der Waals surface area contributed by atoms with Gasteiger partial charge in [-0.15, -0.1) is 0 Å². The minimum atomic E-state index is 0.775. The first-order chi connectivity index (χ1) is 6.77. The lowest BCUT2D eigenvalue weighted by Gasteiger charge is -2.00. The summed E-state index contributed by atoms with van der Waals surface area (Å²) in [5.74, 6) is 0. The molecule has 14 heavy (non-hydrogen) atoms. The van der Waals surface area contributed by atoms with Gasteiger partial charge in [-0.1, -0.05) is 31.5 Å². The smallest absolute Gasteiger partial charge is 0.0412 e. The van der Waals surface area contributed by atoms with E-state index < -0.39 is 0 Å². The summed E-state index contributed by atoms with van der Waals surface area (Å²) in [7, 11) is 0. The van der Waals surface area contributed by atoms with E-state index in [2.05, 4.69) is 4.98 Å². The lowest BCUT2D eigenvalue weighted by Crippen LogP contribution is -1.80. The first kappa shape index (κ1) is 11.0. The summed E-state index contributed by atoms with van der Waals surface area (Å²) in [5.41, 5.74) is 1.16. The second kappa shape index (κ2) is 4.97. The number of halogens is 1. The molecule has 0 fully saturated rings. The fraction of sp³-hybridized carbons (Fsp3) is 0.250. The number of aryl methyl sites for hydroxylation is 1. The van der Waals surface area contributed by atoms with Gasteiger partial charge in [0, 0.05) is 22.8 Å². The molecule has 1 heterocycles. The minimum absolute atomic E-state index is 0.775. The molecule has 0 saturated carbocycles. The van der Waals surface area contributed by atoms with Gasteiger partial charge < -0.3 is 0 Å². The Balaban J connectivity index is 0.000000461. The Morgan fingerprint density at radius 3 is 2.57 bits per heavy atom. The maximum absolute atomic E-state index is 5.87. The molecule has 1 aromatic heterocycles. The Hall–Kier alpha value is -1.08. The lowest BCUT2D eigenvalue weighted by molar-refractivity contribution is 1.31. The second-order valence-electron chi connectivity index (χ2n) is 2.82. The van der Waals surface area contributed by atoms with Crippen LogP contribution >= 0.6 is 11.6 Å². The van der Waals surface area contributed by atoms with E-state index in [0.29, 0.717) is 0 Å². The molecule has 0 aliphatic heterocycles. The summed E-state index contributed by atoms with van der Waals surface area (Å²) >= 11 is 5.87. The Morgan fingerprint density at radius 2 is 1.86 bits per heavy atom. The highest BCUT2D eigenvalue weighted by molar-refractivity contribution is 6.31. The zero-order valence-electron chi connectivity index (χ0n) is 8.71. The molecule has 0 aliphatic rings. The lowest BCUT2D eigenvalue weighted by atomic mass is 10.1. The van der Waals surface area contributed by atoms with Crippen molar-refractivity contribution in [3.63, 3.8) is 0 Å². The Bertz CT molecular complexity index is 424. The highest BCUT2D eigenvalue weighted by atomic mass is 35.5. The van der Waals surface area contributed by atoms with Gasteiger partial charge in [0.05, 0.1) is 0 Å². The van der Waals surface area contributed by atoms with Gasteiger partial charge in [-0.25, -0.2) is 0 Å². The molecule has 0 spiro atoms. The van der Waals surface area contributed by atoms with Crippen LogP contribution in [-0.2, 0) is 0 Å². The topological polar surface area (TPSA) is 12.9 Å². The van der Waals surface area contributed by atoms with Gasteiger partial charge in [0.25, 0.3) is 0 Å². The van der Waals surface area contributed by atoms with Gasteiger partial charge in [0.1, 0.15) is 0 Å². The van der Waals surface area contributed by atoms with Crippen molar-refractivity contribution in [2.75, 3.05) is 0 Å². The Labute approximate surface area is 89.7 Å². The Kier molecular flexibility index (Phi) is 3.90. The summed E-state index contributed by atoms with van der Waals surface area (Å²) in [6.07, 6.45) is 3.69. The molecule has 0 saturated heterocycles. The second-order valence-corrected chi connectivity index (χ2v) is 3.26. The standard InChI is InChI=1S/C10H8ClN.C2H6/c1-7-5-12-6-8-2-3-9(11)4-10(7)8;1-2/h2-6H,1H3;1-2H3. The number of nitrogens with zero attached hydrogens (tertiary/aromatic N) is 1. The Morgan fingerprint density at radius 1 is 1.14 bits per heavy atom. The number of hydrogen-bond acceptors (Lipinski definition) is 1. The van der Waals surface area contributed by atoms with Crippen molar-refractivity contribution in [3.05, 3.63) is 41.2 Å². The number of aromatic nitrogens is 1. The van der Waals surface area contributed by atoms with Crippen LogP contribution in [0.3, 0.4) is 0 Å². The van der Waals surface area contributed by atoms with E-state index in [1.807, 2.05) is 51.4 Å². The molecular weight excluding hydrogens is 194 g/mol. The highest BCUT2D eigenvalue weighted by Crippen LogP contribution is 2.20. The summed E-state index contributed by atoms with van der Waals surface area (Å²) in [6.45, 7) is 6.03. The van der Waals surface area contributed by atoms with Crippen molar-refractivity contribution in [3.8, 4) is 0 Å². The minimum Gasteiger partial charge on any atom is -0.264 e. The van der Waals surface area contributed by atoms with Crippen molar-refractivity contribution < 1.29 is 0 Å². The van der Waals surface area contributed by atoms with E-state index in [1.54, 1.807) is 0 Å². The first-order valence-electron chi connectivity index (χ1n) is 4.77. The van der Waals surface area contributed by atoms with Crippen molar-refractivity contribution in [2.24, 2.45) is 0 Å². The van der Waals surface area contributed by atoms with Crippen LogP contribution in [0.25, 0.3) is 10.8 Å². The van der Waals surface area contributed by atoms with E-state index >= 15 is 0 Å². The van der Waals surface area contributed by atoms with Gasteiger partial charge in [-0.3, -0.25) is 4.98 Å². The van der Waals surface area contributed by atoms with Crippen molar-refractivity contribution in [2.45, 2.75) is 20.8 Å². The van der Waals surface area contributed by atoms with Crippen LogP contribution in [0, 0.1) is 6.92 Å².